The lowest BCUT2D eigenvalue weighted by atomic mass is 10.3. The number of piperazine rings is 1. The molecule has 0 saturated carbocycles. The smallest absolute Gasteiger partial charge is 0.0701 e. The zero-order valence-electron chi connectivity index (χ0n) is 12.0. The molecule has 19 heavy (non-hydrogen) atoms. The molecule has 5 nitrogen and oxygen atoms in total. The third kappa shape index (κ3) is 8.94. The number of halogens is 1. The van der Waals surface area contributed by atoms with E-state index in [2.05, 4.69) is 25.7 Å². The monoisotopic (exact) mass is 338 g/mol. The lowest BCUT2D eigenvalue weighted by Gasteiger charge is -2.34. The summed E-state index contributed by atoms with van der Waals surface area (Å²) in [5, 5.41) is 1.07. The number of hydrogen-bond acceptors (Lipinski definition) is 5. The van der Waals surface area contributed by atoms with Gasteiger partial charge in [-0.15, -0.1) is 0 Å². The van der Waals surface area contributed by atoms with Crippen molar-refractivity contribution in [1.82, 2.24) is 9.80 Å². The second-order valence-corrected chi connectivity index (χ2v) is 5.38. The van der Waals surface area contributed by atoms with Crippen LogP contribution in [0.1, 0.15) is 0 Å². The Morgan fingerprint density at radius 3 is 1.89 bits per heavy atom. The molecule has 1 fully saturated rings. The van der Waals surface area contributed by atoms with Crippen LogP contribution < -0.4 is 0 Å². The van der Waals surface area contributed by atoms with Crippen LogP contribution in [-0.2, 0) is 14.2 Å². The van der Waals surface area contributed by atoms with Gasteiger partial charge in [0.1, 0.15) is 0 Å². The van der Waals surface area contributed by atoms with Crippen LogP contribution in [0.25, 0.3) is 0 Å². The van der Waals surface area contributed by atoms with E-state index in [0.717, 1.165) is 38.1 Å². The Hall–Kier alpha value is 0.280. The van der Waals surface area contributed by atoms with Crippen molar-refractivity contribution >= 4 is 15.9 Å². The Balaban J connectivity index is 1.85. The minimum Gasteiger partial charge on any atom is -0.382 e. The van der Waals surface area contributed by atoms with Crippen LogP contribution in [0.3, 0.4) is 0 Å². The molecule has 1 aliphatic rings. The number of methoxy groups -OCH3 is 1. The Kier molecular flexibility index (Phi) is 11.0. The first-order valence-corrected chi connectivity index (χ1v) is 8.14. The molecule has 0 aliphatic carbocycles. The van der Waals surface area contributed by atoms with Crippen molar-refractivity contribution in [3.63, 3.8) is 0 Å². The Morgan fingerprint density at radius 2 is 1.32 bits per heavy atom. The van der Waals surface area contributed by atoms with Crippen LogP contribution >= 0.6 is 15.9 Å². The summed E-state index contributed by atoms with van der Waals surface area (Å²) in [5.74, 6) is 0. The van der Waals surface area contributed by atoms with Crippen molar-refractivity contribution in [2.24, 2.45) is 0 Å². The molecule has 0 radical (unpaired) electrons. The average Bonchev–Trinajstić information content (AvgIpc) is 2.44. The van der Waals surface area contributed by atoms with Gasteiger partial charge in [0, 0.05) is 51.7 Å². The molecule has 0 atom stereocenters. The maximum absolute atomic E-state index is 5.56. The SMILES string of the molecule is COCCOCCOCCN1CCN(CCBr)CC1. The van der Waals surface area contributed by atoms with E-state index in [1.807, 2.05) is 0 Å². The number of ether oxygens (including phenoxy) is 3. The standard InChI is InChI=1S/C13H27BrN2O3/c1-17-10-11-19-13-12-18-9-8-16-6-4-15(3-2-14)5-7-16/h2-13H2,1H3. The van der Waals surface area contributed by atoms with Gasteiger partial charge in [-0.05, 0) is 0 Å². The first-order chi connectivity index (χ1) is 9.36. The van der Waals surface area contributed by atoms with Crippen molar-refractivity contribution in [2.45, 2.75) is 0 Å². The van der Waals surface area contributed by atoms with Crippen molar-refractivity contribution in [1.29, 1.82) is 0 Å². The topological polar surface area (TPSA) is 34.2 Å². The molecule has 0 N–H and O–H groups in total. The second kappa shape index (κ2) is 12.1. The first-order valence-electron chi connectivity index (χ1n) is 7.02. The summed E-state index contributed by atoms with van der Waals surface area (Å²) in [6.07, 6.45) is 0. The van der Waals surface area contributed by atoms with Crippen LogP contribution in [0.5, 0.6) is 0 Å². The van der Waals surface area contributed by atoms with Crippen LogP contribution in [0, 0.1) is 0 Å². The Labute approximate surface area is 125 Å². The highest BCUT2D eigenvalue weighted by Gasteiger charge is 2.15. The number of rotatable bonds is 11. The zero-order valence-corrected chi connectivity index (χ0v) is 13.6. The highest BCUT2D eigenvalue weighted by atomic mass is 79.9. The Bertz CT molecular complexity index is 202. The summed E-state index contributed by atoms with van der Waals surface area (Å²) >= 11 is 3.49. The van der Waals surface area contributed by atoms with Crippen molar-refractivity contribution in [3.8, 4) is 0 Å². The maximum Gasteiger partial charge on any atom is 0.0701 e. The molecular weight excluding hydrogens is 312 g/mol. The quantitative estimate of drug-likeness (QED) is 0.409. The second-order valence-electron chi connectivity index (χ2n) is 4.59. The van der Waals surface area contributed by atoms with E-state index in [-0.39, 0.29) is 0 Å². The van der Waals surface area contributed by atoms with Gasteiger partial charge in [0.05, 0.1) is 33.0 Å². The lowest BCUT2D eigenvalue weighted by Crippen LogP contribution is -2.47. The van der Waals surface area contributed by atoms with Crippen molar-refractivity contribution in [3.05, 3.63) is 0 Å². The third-order valence-corrected chi connectivity index (χ3v) is 3.58. The molecular formula is C13H27BrN2O3. The number of alkyl halides is 1. The van der Waals surface area contributed by atoms with Crippen molar-refractivity contribution < 1.29 is 14.2 Å². The fraction of sp³-hybridized carbons (Fsp3) is 1.00. The first kappa shape index (κ1) is 17.3. The summed E-state index contributed by atoms with van der Waals surface area (Å²) in [6, 6.07) is 0. The molecule has 1 heterocycles. The fourth-order valence-corrected chi connectivity index (χ4v) is 2.52. The van der Waals surface area contributed by atoms with Gasteiger partial charge in [-0.2, -0.15) is 0 Å². The van der Waals surface area contributed by atoms with Gasteiger partial charge in [-0.25, -0.2) is 0 Å². The molecule has 0 amide bonds. The van der Waals surface area contributed by atoms with Crippen LogP contribution in [0.15, 0.2) is 0 Å². The average molecular weight is 339 g/mol. The molecule has 114 valence electrons. The molecule has 1 rings (SSSR count). The van der Waals surface area contributed by atoms with Crippen molar-refractivity contribution in [2.75, 3.05) is 84.7 Å². The normalized spacial score (nSPS) is 18.0. The van der Waals surface area contributed by atoms with E-state index in [1.165, 1.54) is 13.1 Å². The molecule has 1 saturated heterocycles. The molecule has 0 unspecified atom stereocenters. The third-order valence-electron chi connectivity index (χ3n) is 3.22. The van der Waals surface area contributed by atoms with Crippen LogP contribution in [0.2, 0.25) is 0 Å². The predicted molar refractivity (Wildman–Crippen MR) is 80.2 cm³/mol. The summed E-state index contributed by atoms with van der Waals surface area (Å²) in [6.45, 7) is 10.3. The minimum atomic E-state index is 0.648. The largest absolute Gasteiger partial charge is 0.382 e. The molecule has 0 bridgehead atoms. The summed E-state index contributed by atoms with van der Waals surface area (Å²) < 4.78 is 15.8. The highest BCUT2D eigenvalue weighted by Crippen LogP contribution is 2.01. The van der Waals surface area contributed by atoms with Gasteiger partial charge in [0.15, 0.2) is 0 Å². The maximum atomic E-state index is 5.56. The van der Waals surface area contributed by atoms with E-state index < -0.39 is 0 Å². The van der Waals surface area contributed by atoms with Gasteiger partial charge < -0.3 is 14.2 Å². The highest BCUT2D eigenvalue weighted by molar-refractivity contribution is 9.09. The minimum absolute atomic E-state index is 0.648. The van der Waals surface area contributed by atoms with Crippen LogP contribution in [0.4, 0.5) is 0 Å². The van der Waals surface area contributed by atoms with Gasteiger partial charge >= 0.3 is 0 Å². The molecule has 0 spiro atoms. The zero-order chi connectivity index (χ0) is 13.8. The molecule has 0 aromatic rings. The molecule has 1 aliphatic heterocycles. The van der Waals surface area contributed by atoms with E-state index in [9.17, 15) is 0 Å². The lowest BCUT2D eigenvalue weighted by molar-refractivity contribution is 0.0160. The molecule has 0 aromatic heterocycles. The molecule has 0 aromatic carbocycles. The van der Waals surface area contributed by atoms with E-state index in [4.69, 9.17) is 14.2 Å². The number of hydrogen-bond donors (Lipinski definition) is 0. The number of nitrogens with zero attached hydrogens (tertiary/aromatic N) is 2. The van der Waals surface area contributed by atoms with E-state index in [0.29, 0.717) is 26.4 Å². The van der Waals surface area contributed by atoms with Gasteiger partial charge in [-0.3, -0.25) is 9.80 Å². The van der Waals surface area contributed by atoms with Gasteiger partial charge in [0.2, 0.25) is 0 Å². The molecule has 6 heteroatoms. The summed E-state index contributed by atoms with van der Waals surface area (Å²) in [4.78, 5) is 4.96. The summed E-state index contributed by atoms with van der Waals surface area (Å²) in [7, 11) is 1.68. The fourth-order valence-electron chi connectivity index (χ4n) is 2.01. The van der Waals surface area contributed by atoms with Crippen LogP contribution in [-0.4, -0.2) is 94.5 Å². The van der Waals surface area contributed by atoms with Gasteiger partial charge in [0.25, 0.3) is 0 Å². The summed E-state index contributed by atoms with van der Waals surface area (Å²) in [5.41, 5.74) is 0. The van der Waals surface area contributed by atoms with E-state index in [1.54, 1.807) is 7.11 Å². The predicted octanol–water partition coefficient (Wildman–Crippen LogP) is 0.679. The Morgan fingerprint density at radius 1 is 0.789 bits per heavy atom. The van der Waals surface area contributed by atoms with Gasteiger partial charge in [-0.1, -0.05) is 15.9 Å². The van der Waals surface area contributed by atoms with E-state index >= 15 is 0 Å².